The predicted molar refractivity (Wildman–Crippen MR) is 134 cm³/mol. The molecule has 0 unspecified atom stereocenters. The van der Waals surface area contributed by atoms with Crippen molar-refractivity contribution < 1.29 is 33.0 Å². The Labute approximate surface area is 216 Å². The molecule has 2 amide bonds. The summed E-state index contributed by atoms with van der Waals surface area (Å²) in [5.41, 5.74) is -1.20. The van der Waals surface area contributed by atoms with Gasteiger partial charge in [-0.1, -0.05) is 0 Å². The van der Waals surface area contributed by atoms with E-state index in [0.29, 0.717) is 30.6 Å². The number of halogens is 1. The van der Waals surface area contributed by atoms with E-state index < -0.39 is 34.8 Å². The van der Waals surface area contributed by atoms with E-state index in [1.165, 1.54) is 19.2 Å². The van der Waals surface area contributed by atoms with Gasteiger partial charge in [-0.3, -0.25) is 4.79 Å². The predicted octanol–water partition coefficient (Wildman–Crippen LogP) is 5.39. The molecule has 0 radical (unpaired) electrons. The van der Waals surface area contributed by atoms with Gasteiger partial charge in [0.05, 0.1) is 19.1 Å². The number of imide groups is 1. The first kappa shape index (κ1) is 28.1. The number of benzene rings is 1. The third-order valence-corrected chi connectivity index (χ3v) is 5.98. The van der Waals surface area contributed by atoms with Crippen LogP contribution in [0.2, 0.25) is 0 Å². The quantitative estimate of drug-likeness (QED) is 0.358. The molecule has 1 saturated carbocycles. The van der Waals surface area contributed by atoms with Crippen LogP contribution < -0.4 is 0 Å². The fourth-order valence-corrected chi connectivity index (χ4v) is 4.22. The molecular weight excluding hydrogens is 481 g/mol. The fourth-order valence-electron chi connectivity index (χ4n) is 4.22. The van der Waals surface area contributed by atoms with Gasteiger partial charge < -0.3 is 18.8 Å². The Hall–Kier alpha value is -3.43. The Morgan fingerprint density at radius 2 is 1.62 bits per heavy atom. The lowest BCUT2D eigenvalue weighted by Crippen LogP contribution is -2.44. The van der Waals surface area contributed by atoms with E-state index in [0.717, 1.165) is 4.90 Å². The number of esters is 1. The zero-order valence-corrected chi connectivity index (χ0v) is 22.5. The number of carbonyl (C=O) groups excluding carboxylic acids is 3. The summed E-state index contributed by atoms with van der Waals surface area (Å²) in [7, 11) is 1.34. The van der Waals surface area contributed by atoms with Crippen molar-refractivity contribution in [2.45, 2.75) is 77.4 Å². The highest BCUT2D eigenvalue weighted by Gasteiger charge is 2.63. The standard InChI is InChI=1S/C27H36FN3O6/c1-25(2,3)36-23(33)31(24(34)37-26(4,5)6)14-8-9-18-15-27(18,22(32)35-7)21-16-30(17-29-21)20-12-10-19(28)11-13-20/h10-13,16-18H,8-9,14-15H2,1-7H3/t18-,27+/m0/s1. The van der Waals surface area contributed by atoms with E-state index in [-0.39, 0.29) is 18.3 Å². The van der Waals surface area contributed by atoms with E-state index in [1.54, 1.807) is 70.8 Å². The summed E-state index contributed by atoms with van der Waals surface area (Å²) in [5, 5.41) is 0. The second kappa shape index (κ2) is 10.5. The summed E-state index contributed by atoms with van der Waals surface area (Å²) < 4.78 is 30.9. The van der Waals surface area contributed by atoms with Crippen molar-refractivity contribution in [3.63, 3.8) is 0 Å². The molecule has 2 atom stereocenters. The number of imidazole rings is 1. The molecule has 2 aromatic rings. The van der Waals surface area contributed by atoms with Crippen LogP contribution in [0.15, 0.2) is 36.8 Å². The Kier molecular flexibility index (Phi) is 8.00. The maximum absolute atomic E-state index is 13.3. The van der Waals surface area contributed by atoms with Crippen LogP contribution >= 0.6 is 0 Å². The van der Waals surface area contributed by atoms with E-state index >= 15 is 0 Å². The molecule has 1 aliphatic carbocycles. The molecule has 0 aliphatic heterocycles. The van der Waals surface area contributed by atoms with Gasteiger partial charge in [-0.05, 0) is 91.0 Å². The summed E-state index contributed by atoms with van der Waals surface area (Å²) in [6.45, 7) is 10.4. The molecular formula is C27H36FN3O6. The minimum absolute atomic E-state index is 0.0710. The van der Waals surface area contributed by atoms with Crippen LogP contribution in [0.3, 0.4) is 0 Å². The monoisotopic (exact) mass is 517 g/mol. The minimum Gasteiger partial charge on any atom is -0.468 e. The third kappa shape index (κ3) is 6.87. The van der Waals surface area contributed by atoms with Gasteiger partial charge in [0.1, 0.15) is 22.4 Å². The van der Waals surface area contributed by atoms with Crippen LogP contribution in [0.5, 0.6) is 0 Å². The van der Waals surface area contributed by atoms with Crippen LogP contribution in [0.25, 0.3) is 5.69 Å². The van der Waals surface area contributed by atoms with Crippen LogP contribution in [0.1, 0.15) is 66.5 Å². The zero-order chi connectivity index (χ0) is 27.6. The van der Waals surface area contributed by atoms with Crippen molar-refractivity contribution in [2.75, 3.05) is 13.7 Å². The first-order valence-electron chi connectivity index (χ1n) is 12.3. The number of carbonyl (C=O) groups is 3. The van der Waals surface area contributed by atoms with E-state index in [2.05, 4.69) is 4.98 Å². The highest BCUT2D eigenvalue weighted by Crippen LogP contribution is 2.57. The maximum atomic E-state index is 13.3. The number of methoxy groups -OCH3 is 1. The molecule has 1 heterocycles. The second-order valence-electron chi connectivity index (χ2n) is 11.3. The van der Waals surface area contributed by atoms with Crippen molar-refractivity contribution in [3.05, 3.63) is 48.3 Å². The molecule has 1 aromatic carbocycles. The van der Waals surface area contributed by atoms with Crippen molar-refractivity contribution in [3.8, 4) is 5.69 Å². The average Bonchev–Trinajstić information content (AvgIpc) is 3.29. The molecule has 37 heavy (non-hydrogen) atoms. The summed E-state index contributed by atoms with van der Waals surface area (Å²) in [6.07, 6.45) is 3.26. The van der Waals surface area contributed by atoms with Crippen molar-refractivity contribution in [1.82, 2.24) is 14.5 Å². The Bertz CT molecular complexity index is 1100. The lowest BCUT2D eigenvalue weighted by molar-refractivity contribution is -0.144. The fraction of sp³-hybridized carbons (Fsp3) is 0.556. The SMILES string of the molecule is COC(=O)[C@]1(c2cn(-c3ccc(F)cc3)cn2)C[C@@H]1CCCN(C(=O)OC(C)(C)C)C(=O)OC(C)(C)C. The number of aromatic nitrogens is 2. The number of nitrogens with zero attached hydrogens (tertiary/aromatic N) is 3. The molecule has 1 aliphatic rings. The molecule has 0 N–H and O–H groups in total. The molecule has 0 spiro atoms. The van der Waals surface area contributed by atoms with E-state index in [1.807, 2.05) is 0 Å². The third-order valence-electron chi connectivity index (χ3n) is 5.98. The number of hydrogen-bond donors (Lipinski definition) is 0. The summed E-state index contributed by atoms with van der Waals surface area (Å²) in [5.74, 6) is -0.821. The molecule has 0 saturated heterocycles. The highest BCUT2D eigenvalue weighted by atomic mass is 19.1. The van der Waals surface area contributed by atoms with Gasteiger partial charge in [-0.25, -0.2) is 23.9 Å². The van der Waals surface area contributed by atoms with Gasteiger partial charge in [0.15, 0.2) is 0 Å². The lowest BCUT2D eigenvalue weighted by atomic mass is 9.97. The van der Waals surface area contributed by atoms with Gasteiger partial charge in [0, 0.05) is 18.4 Å². The first-order valence-corrected chi connectivity index (χ1v) is 12.3. The molecule has 1 fully saturated rings. The largest absolute Gasteiger partial charge is 0.468 e. The lowest BCUT2D eigenvalue weighted by Gasteiger charge is -2.28. The zero-order valence-electron chi connectivity index (χ0n) is 22.5. The van der Waals surface area contributed by atoms with Crippen LogP contribution in [-0.4, -0.2) is 57.5 Å². The molecule has 3 rings (SSSR count). The minimum atomic E-state index is -0.914. The van der Waals surface area contributed by atoms with Gasteiger partial charge in [0.25, 0.3) is 0 Å². The Morgan fingerprint density at radius 1 is 1.05 bits per heavy atom. The highest BCUT2D eigenvalue weighted by molar-refractivity contribution is 5.88. The van der Waals surface area contributed by atoms with Crippen LogP contribution in [0.4, 0.5) is 14.0 Å². The van der Waals surface area contributed by atoms with Gasteiger partial charge in [-0.2, -0.15) is 0 Å². The molecule has 9 nitrogen and oxygen atoms in total. The van der Waals surface area contributed by atoms with Gasteiger partial charge in [-0.15, -0.1) is 0 Å². The number of ether oxygens (including phenoxy) is 3. The van der Waals surface area contributed by atoms with Crippen molar-refractivity contribution in [2.24, 2.45) is 5.92 Å². The molecule has 1 aromatic heterocycles. The summed E-state index contributed by atoms with van der Waals surface area (Å²) >= 11 is 0. The Morgan fingerprint density at radius 3 is 2.14 bits per heavy atom. The van der Waals surface area contributed by atoms with Crippen molar-refractivity contribution in [1.29, 1.82) is 0 Å². The molecule has 202 valence electrons. The number of rotatable bonds is 7. The average molecular weight is 518 g/mol. The van der Waals surface area contributed by atoms with Crippen LogP contribution in [-0.2, 0) is 24.4 Å². The van der Waals surface area contributed by atoms with Crippen LogP contribution in [0, 0.1) is 11.7 Å². The first-order chi connectivity index (χ1) is 17.2. The summed E-state index contributed by atoms with van der Waals surface area (Å²) in [6, 6.07) is 5.95. The smallest absolute Gasteiger partial charge is 0.419 e. The molecule has 10 heteroatoms. The normalized spacial score (nSPS) is 19.2. The maximum Gasteiger partial charge on any atom is 0.419 e. The number of hydrogen-bond acceptors (Lipinski definition) is 7. The topological polar surface area (TPSA) is 100.0 Å². The number of amides is 2. The van der Waals surface area contributed by atoms with E-state index in [9.17, 15) is 18.8 Å². The second-order valence-corrected chi connectivity index (χ2v) is 11.3. The Balaban J connectivity index is 1.72. The van der Waals surface area contributed by atoms with Crippen molar-refractivity contribution >= 4 is 18.2 Å². The van der Waals surface area contributed by atoms with Gasteiger partial charge >= 0.3 is 18.2 Å². The van der Waals surface area contributed by atoms with E-state index in [4.69, 9.17) is 14.2 Å². The summed E-state index contributed by atoms with van der Waals surface area (Å²) in [4.78, 5) is 43.7. The van der Waals surface area contributed by atoms with Gasteiger partial charge in [0.2, 0.25) is 0 Å². The molecule has 0 bridgehead atoms.